The van der Waals surface area contributed by atoms with E-state index in [9.17, 15) is 14.4 Å². The van der Waals surface area contributed by atoms with Crippen molar-refractivity contribution < 1.29 is 14.4 Å². The van der Waals surface area contributed by atoms with Crippen LogP contribution < -0.4 is 4.90 Å². The lowest BCUT2D eigenvalue weighted by atomic mass is 9.73. The molecule has 0 aromatic heterocycles. The lowest BCUT2D eigenvalue weighted by Gasteiger charge is -2.42. The number of fused-ring (bicyclic) bond motifs is 2. The summed E-state index contributed by atoms with van der Waals surface area (Å²) in [5.74, 6) is -1.13. The Labute approximate surface area is 249 Å². The van der Waals surface area contributed by atoms with E-state index in [2.05, 4.69) is 93.3 Å². The number of hydrogen-bond donors (Lipinski definition) is 0. The van der Waals surface area contributed by atoms with E-state index in [-0.39, 0.29) is 11.0 Å². The second-order valence-electron chi connectivity index (χ2n) is 12.0. The minimum atomic E-state index is -0.613. The fraction of sp³-hybridized carbons (Fsp3) is 0.361. The molecule has 0 atom stereocenters. The molecule has 218 valence electrons. The maximum absolute atomic E-state index is 13.1. The third-order valence-electron chi connectivity index (χ3n) is 8.76. The molecule has 3 aromatic rings. The summed E-state index contributed by atoms with van der Waals surface area (Å²) in [7, 11) is 2.84. The Balaban J connectivity index is 1.75. The van der Waals surface area contributed by atoms with Gasteiger partial charge in [-0.2, -0.15) is 0 Å². The van der Waals surface area contributed by atoms with E-state index >= 15 is 0 Å². The van der Waals surface area contributed by atoms with E-state index in [1.165, 1.54) is 42.2 Å². The van der Waals surface area contributed by atoms with Gasteiger partial charge in [0.25, 0.3) is 11.8 Å². The van der Waals surface area contributed by atoms with Crippen LogP contribution in [-0.2, 0) is 27.8 Å². The molecule has 0 spiro atoms. The predicted octanol–water partition coefficient (Wildman–Crippen LogP) is 7.91. The fourth-order valence-electron chi connectivity index (χ4n) is 6.25. The number of carbonyl (C=O) groups excluding carboxylic acids is 3. The van der Waals surface area contributed by atoms with E-state index in [1.807, 2.05) is 0 Å². The van der Waals surface area contributed by atoms with Gasteiger partial charge in [0.15, 0.2) is 0 Å². The summed E-state index contributed by atoms with van der Waals surface area (Å²) in [4.78, 5) is 43.0. The van der Waals surface area contributed by atoms with Crippen LogP contribution in [-0.4, -0.2) is 41.7 Å². The van der Waals surface area contributed by atoms with Crippen molar-refractivity contribution in [3.8, 4) is 0 Å². The summed E-state index contributed by atoms with van der Waals surface area (Å²) >= 11 is 0. The van der Waals surface area contributed by atoms with E-state index in [0.29, 0.717) is 0 Å². The number of likely N-dealkylation sites (N-methyl/N-ethyl adjacent to an activating group) is 2. The lowest BCUT2D eigenvalue weighted by Crippen LogP contribution is -2.52. The zero-order valence-corrected chi connectivity index (χ0v) is 25.7. The molecule has 0 saturated carbocycles. The molecule has 6 heteroatoms. The van der Waals surface area contributed by atoms with Crippen LogP contribution >= 0.6 is 0 Å². The molecule has 6 nitrogen and oxygen atoms in total. The molecular weight excluding hydrogens is 522 g/mol. The van der Waals surface area contributed by atoms with E-state index in [0.717, 1.165) is 65.1 Å². The minimum absolute atomic E-state index is 0.0157. The van der Waals surface area contributed by atoms with Crippen LogP contribution in [0.15, 0.2) is 66.2 Å². The first-order chi connectivity index (χ1) is 20.1. The molecule has 0 N–H and O–H groups in total. The molecule has 5 rings (SSSR count). The van der Waals surface area contributed by atoms with Crippen LogP contribution in [0.3, 0.4) is 0 Å². The van der Waals surface area contributed by atoms with Crippen LogP contribution in [0.2, 0.25) is 0 Å². The first kappa shape index (κ1) is 29.3. The van der Waals surface area contributed by atoms with Crippen LogP contribution in [0.1, 0.15) is 81.2 Å². The van der Waals surface area contributed by atoms with Crippen LogP contribution in [0.5, 0.6) is 0 Å². The minimum Gasteiger partial charge on any atom is -0.310 e. The normalized spacial score (nSPS) is 16.1. The number of nitrogens with zero attached hydrogens (tertiary/aromatic N) is 3. The van der Waals surface area contributed by atoms with Gasteiger partial charge >= 0.3 is 6.03 Å². The second-order valence-corrected chi connectivity index (χ2v) is 12.0. The summed E-state index contributed by atoms with van der Waals surface area (Å²) in [5, 5.41) is 0. The lowest BCUT2D eigenvalue weighted by molar-refractivity contribution is -0.134. The molecule has 1 fully saturated rings. The molecule has 2 heterocycles. The number of imide groups is 2. The van der Waals surface area contributed by atoms with Gasteiger partial charge in [0.05, 0.1) is 11.4 Å². The Morgan fingerprint density at radius 3 is 1.71 bits per heavy atom. The van der Waals surface area contributed by atoms with Crippen LogP contribution in [0, 0.1) is 0 Å². The van der Waals surface area contributed by atoms with Gasteiger partial charge < -0.3 is 4.90 Å². The molecule has 0 radical (unpaired) electrons. The second kappa shape index (κ2) is 11.6. The highest BCUT2D eigenvalue weighted by atomic mass is 16.2. The zero-order chi connectivity index (χ0) is 30.2. The van der Waals surface area contributed by atoms with Gasteiger partial charge in [-0.25, -0.2) is 4.79 Å². The maximum atomic E-state index is 13.1. The number of carbonyl (C=O) groups is 3. The van der Waals surface area contributed by atoms with Gasteiger partial charge in [0.1, 0.15) is 5.57 Å². The van der Waals surface area contributed by atoms with Crippen molar-refractivity contribution in [3.05, 3.63) is 94.1 Å². The predicted molar refractivity (Wildman–Crippen MR) is 169 cm³/mol. The zero-order valence-electron chi connectivity index (χ0n) is 25.7. The standard InChI is InChI=1S/C36H41N3O3/c1-7-9-15-24-23-32(39-30-19-13-11-17-28(30)36(3,4)29-18-12-14-20-31(29)39)25(16-10-8-2)21-26(24)22-27-33(40)37(5)35(42)38(6)34(27)41/h11-14,17-23H,7-10,15-16H2,1-6H3. The molecular formula is C36H41N3O3. The number of urea groups is 1. The summed E-state index contributed by atoms with van der Waals surface area (Å²) < 4.78 is 0. The van der Waals surface area contributed by atoms with Crippen LogP contribution in [0.4, 0.5) is 21.9 Å². The number of benzene rings is 3. The van der Waals surface area contributed by atoms with Gasteiger partial charge in [-0.1, -0.05) is 76.9 Å². The van der Waals surface area contributed by atoms with E-state index in [4.69, 9.17) is 0 Å². The van der Waals surface area contributed by atoms with Crippen molar-refractivity contribution in [2.24, 2.45) is 0 Å². The number of barbiturate groups is 1. The highest BCUT2D eigenvalue weighted by Crippen LogP contribution is 2.52. The quantitative estimate of drug-likeness (QED) is 0.206. The Morgan fingerprint density at radius 2 is 1.19 bits per heavy atom. The van der Waals surface area contributed by atoms with Crippen molar-refractivity contribution in [2.45, 2.75) is 71.6 Å². The van der Waals surface area contributed by atoms with Gasteiger partial charge in [0, 0.05) is 25.2 Å². The third-order valence-corrected chi connectivity index (χ3v) is 8.76. The number of amides is 4. The Bertz CT molecular complexity index is 1510. The van der Waals surface area contributed by atoms with Gasteiger partial charge in [-0.3, -0.25) is 19.4 Å². The molecule has 0 unspecified atom stereocenters. The smallest absolute Gasteiger partial charge is 0.310 e. The van der Waals surface area contributed by atoms with Crippen molar-refractivity contribution >= 4 is 41.0 Å². The van der Waals surface area contributed by atoms with Crippen molar-refractivity contribution in [1.82, 2.24) is 9.80 Å². The first-order valence-electron chi connectivity index (χ1n) is 15.1. The van der Waals surface area contributed by atoms with E-state index in [1.54, 1.807) is 6.08 Å². The number of rotatable bonds is 8. The van der Waals surface area contributed by atoms with Gasteiger partial charge in [-0.15, -0.1) is 0 Å². The number of para-hydroxylation sites is 2. The largest absolute Gasteiger partial charge is 0.333 e. The monoisotopic (exact) mass is 563 g/mol. The highest BCUT2D eigenvalue weighted by Gasteiger charge is 2.39. The summed E-state index contributed by atoms with van der Waals surface area (Å²) in [5.41, 5.74) is 9.02. The molecule has 1 saturated heterocycles. The average Bonchev–Trinajstić information content (AvgIpc) is 3.00. The van der Waals surface area contributed by atoms with Crippen LogP contribution in [0.25, 0.3) is 6.08 Å². The fourth-order valence-corrected chi connectivity index (χ4v) is 6.25. The highest BCUT2D eigenvalue weighted by molar-refractivity contribution is 6.30. The number of aryl methyl sites for hydroxylation is 2. The molecule has 4 amide bonds. The van der Waals surface area contributed by atoms with E-state index < -0.39 is 17.8 Å². The molecule has 42 heavy (non-hydrogen) atoms. The maximum Gasteiger partial charge on any atom is 0.333 e. The van der Waals surface area contributed by atoms with Crippen molar-refractivity contribution in [3.63, 3.8) is 0 Å². The van der Waals surface area contributed by atoms with Gasteiger partial charge in [0.2, 0.25) is 0 Å². The van der Waals surface area contributed by atoms with Gasteiger partial charge in [-0.05, 0) is 83.8 Å². The number of unbranched alkanes of at least 4 members (excludes halogenated alkanes) is 2. The molecule has 0 bridgehead atoms. The first-order valence-corrected chi connectivity index (χ1v) is 15.1. The Morgan fingerprint density at radius 1 is 0.690 bits per heavy atom. The topological polar surface area (TPSA) is 60.9 Å². The van der Waals surface area contributed by atoms with Crippen molar-refractivity contribution in [1.29, 1.82) is 0 Å². The van der Waals surface area contributed by atoms with Crippen molar-refractivity contribution in [2.75, 3.05) is 19.0 Å². The SMILES string of the molecule is CCCCc1cc(N2c3ccccc3C(C)(C)c3ccccc32)c(CCCC)cc1C=C1C(=O)N(C)C(=O)N(C)C1=O. The molecule has 2 aliphatic rings. The number of anilines is 3. The molecule has 0 aliphatic carbocycles. The summed E-state index contributed by atoms with van der Waals surface area (Å²) in [6, 6.07) is 21.1. The summed E-state index contributed by atoms with van der Waals surface area (Å²) in [6.07, 6.45) is 7.43. The Hall–Kier alpha value is -4.19. The molecule has 3 aromatic carbocycles. The Kier molecular flexibility index (Phi) is 8.09. The number of hydrogen-bond acceptors (Lipinski definition) is 4. The molecule has 2 aliphatic heterocycles. The average molecular weight is 564 g/mol. The third kappa shape index (κ3) is 4.93. The summed E-state index contributed by atoms with van der Waals surface area (Å²) in [6.45, 7) is 8.93.